The summed E-state index contributed by atoms with van der Waals surface area (Å²) in [5.74, 6) is 1.000. The van der Waals surface area contributed by atoms with E-state index >= 15 is 0 Å². The van der Waals surface area contributed by atoms with E-state index in [2.05, 4.69) is 21.2 Å². The van der Waals surface area contributed by atoms with E-state index in [0.717, 1.165) is 23.7 Å². The second-order valence-electron chi connectivity index (χ2n) is 4.85. The standard InChI is InChI=1S/C14H19BrN2O2/c1-19-10-5-6-12(15)11(7-10)14(18)17-13-4-2-3-9(13)8-16/h5-7,9,13H,2-4,8,16H2,1H3,(H,17,18). The molecule has 19 heavy (non-hydrogen) atoms. The number of benzene rings is 1. The molecule has 5 heteroatoms. The molecule has 1 fully saturated rings. The summed E-state index contributed by atoms with van der Waals surface area (Å²) >= 11 is 3.40. The molecule has 0 bridgehead atoms. The molecule has 0 heterocycles. The van der Waals surface area contributed by atoms with E-state index in [1.807, 2.05) is 12.1 Å². The molecule has 2 atom stereocenters. The maximum atomic E-state index is 12.3. The topological polar surface area (TPSA) is 64.3 Å². The molecule has 1 aliphatic carbocycles. The Morgan fingerprint density at radius 3 is 3.00 bits per heavy atom. The number of nitrogens with one attached hydrogen (secondary N) is 1. The van der Waals surface area contributed by atoms with Gasteiger partial charge >= 0.3 is 0 Å². The summed E-state index contributed by atoms with van der Waals surface area (Å²) in [4.78, 5) is 12.3. The van der Waals surface area contributed by atoms with Crippen LogP contribution >= 0.6 is 15.9 Å². The molecular weight excluding hydrogens is 308 g/mol. The number of nitrogens with two attached hydrogens (primary N) is 1. The van der Waals surface area contributed by atoms with Crippen LogP contribution in [0.15, 0.2) is 22.7 Å². The fourth-order valence-corrected chi connectivity index (χ4v) is 2.99. The molecule has 0 aromatic heterocycles. The SMILES string of the molecule is COc1ccc(Br)c(C(=O)NC2CCCC2CN)c1. The number of halogens is 1. The first-order chi connectivity index (χ1) is 9.15. The van der Waals surface area contributed by atoms with Crippen LogP contribution in [0.25, 0.3) is 0 Å². The van der Waals surface area contributed by atoms with Crippen molar-refractivity contribution >= 4 is 21.8 Å². The molecule has 1 saturated carbocycles. The lowest BCUT2D eigenvalue weighted by Crippen LogP contribution is -2.40. The van der Waals surface area contributed by atoms with Gasteiger partial charge in [0.25, 0.3) is 5.91 Å². The van der Waals surface area contributed by atoms with Crippen molar-refractivity contribution < 1.29 is 9.53 Å². The zero-order valence-corrected chi connectivity index (χ0v) is 12.6. The number of methoxy groups -OCH3 is 1. The van der Waals surface area contributed by atoms with Crippen LogP contribution < -0.4 is 15.8 Å². The van der Waals surface area contributed by atoms with Crippen molar-refractivity contribution in [2.45, 2.75) is 25.3 Å². The maximum absolute atomic E-state index is 12.3. The molecule has 104 valence electrons. The smallest absolute Gasteiger partial charge is 0.252 e. The third-order valence-electron chi connectivity index (χ3n) is 3.70. The second-order valence-corrected chi connectivity index (χ2v) is 5.71. The van der Waals surface area contributed by atoms with Gasteiger partial charge in [-0.2, -0.15) is 0 Å². The first kappa shape index (κ1) is 14.3. The molecule has 4 nitrogen and oxygen atoms in total. The lowest BCUT2D eigenvalue weighted by molar-refractivity contribution is 0.0927. The van der Waals surface area contributed by atoms with E-state index < -0.39 is 0 Å². The molecule has 1 amide bonds. The Labute approximate surface area is 121 Å². The van der Waals surface area contributed by atoms with Crippen LogP contribution in [0.4, 0.5) is 0 Å². The number of rotatable bonds is 4. The number of hydrogen-bond acceptors (Lipinski definition) is 3. The normalized spacial score (nSPS) is 22.3. The Morgan fingerprint density at radius 1 is 1.53 bits per heavy atom. The van der Waals surface area contributed by atoms with Crippen molar-refractivity contribution in [3.8, 4) is 5.75 Å². The predicted octanol–water partition coefficient (Wildman–Crippen LogP) is 2.31. The average molecular weight is 327 g/mol. The van der Waals surface area contributed by atoms with Gasteiger partial charge in [-0.05, 0) is 59.4 Å². The minimum absolute atomic E-state index is 0.0730. The lowest BCUT2D eigenvalue weighted by Gasteiger charge is -2.20. The first-order valence-electron chi connectivity index (χ1n) is 6.50. The molecule has 0 radical (unpaired) electrons. The summed E-state index contributed by atoms with van der Waals surface area (Å²) < 4.78 is 5.92. The van der Waals surface area contributed by atoms with Crippen molar-refractivity contribution in [2.24, 2.45) is 11.7 Å². The van der Waals surface area contributed by atoms with Gasteiger partial charge in [0.05, 0.1) is 12.7 Å². The predicted molar refractivity (Wildman–Crippen MR) is 78.3 cm³/mol. The van der Waals surface area contributed by atoms with Crippen LogP contribution in [-0.2, 0) is 0 Å². The number of amides is 1. The minimum atomic E-state index is -0.0730. The highest BCUT2D eigenvalue weighted by atomic mass is 79.9. The summed E-state index contributed by atoms with van der Waals surface area (Å²) in [5.41, 5.74) is 6.33. The van der Waals surface area contributed by atoms with E-state index in [0.29, 0.717) is 23.8 Å². The molecule has 3 N–H and O–H groups in total. The second kappa shape index (κ2) is 6.39. The van der Waals surface area contributed by atoms with Gasteiger partial charge in [0.2, 0.25) is 0 Å². The third kappa shape index (κ3) is 3.28. The van der Waals surface area contributed by atoms with Crippen molar-refractivity contribution in [3.63, 3.8) is 0 Å². The van der Waals surface area contributed by atoms with Crippen molar-refractivity contribution in [2.75, 3.05) is 13.7 Å². The molecule has 1 aromatic rings. The summed E-state index contributed by atoms with van der Waals surface area (Å²) in [6, 6.07) is 5.57. The molecule has 0 saturated heterocycles. The molecule has 1 aromatic carbocycles. The van der Waals surface area contributed by atoms with Crippen molar-refractivity contribution in [1.29, 1.82) is 0 Å². The first-order valence-corrected chi connectivity index (χ1v) is 7.29. The van der Waals surface area contributed by atoms with Crippen LogP contribution in [0, 0.1) is 5.92 Å². The quantitative estimate of drug-likeness (QED) is 0.892. The number of hydrogen-bond donors (Lipinski definition) is 2. The summed E-state index contributed by atoms with van der Waals surface area (Å²) in [6.45, 7) is 0.629. The van der Waals surface area contributed by atoms with E-state index in [1.54, 1.807) is 13.2 Å². The van der Waals surface area contributed by atoms with E-state index in [1.165, 1.54) is 0 Å². The summed E-state index contributed by atoms with van der Waals surface area (Å²) in [5, 5.41) is 3.08. The van der Waals surface area contributed by atoms with Gasteiger partial charge < -0.3 is 15.8 Å². The molecule has 2 unspecified atom stereocenters. The Morgan fingerprint density at radius 2 is 2.32 bits per heavy atom. The number of ether oxygens (including phenoxy) is 1. The maximum Gasteiger partial charge on any atom is 0.252 e. The van der Waals surface area contributed by atoms with Gasteiger partial charge in [0.1, 0.15) is 5.75 Å². The summed E-state index contributed by atoms with van der Waals surface area (Å²) in [7, 11) is 1.59. The average Bonchev–Trinajstić information content (AvgIpc) is 2.86. The van der Waals surface area contributed by atoms with Gasteiger partial charge in [0, 0.05) is 10.5 Å². The largest absolute Gasteiger partial charge is 0.497 e. The number of carbonyl (C=O) groups is 1. The number of carbonyl (C=O) groups excluding carboxylic acids is 1. The van der Waals surface area contributed by atoms with Crippen LogP contribution in [0.1, 0.15) is 29.6 Å². The summed E-state index contributed by atoms with van der Waals surface area (Å²) in [6.07, 6.45) is 3.24. The molecule has 1 aliphatic rings. The van der Waals surface area contributed by atoms with Crippen molar-refractivity contribution in [3.05, 3.63) is 28.2 Å². The molecule has 0 aliphatic heterocycles. The van der Waals surface area contributed by atoms with Crippen LogP contribution in [0.5, 0.6) is 5.75 Å². The Hall–Kier alpha value is -1.07. The van der Waals surface area contributed by atoms with Crippen LogP contribution in [0.3, 0.4) is 0 Å². The molecule has 0 spiro atoms. The zero-order chi connectivity index (χ0) is 13.8. The van der Waals surface area contributed by atoms with E-state index in [-0.39, 0.29) is 11.9 Å². The monoisotopic (exact) mass is 326 g/mol. The van der Waals surface area contributed by atoms with Crippen molar-refractivity contribution in [1.82, 2.24) is 5.32 Å². The highest BCUT2D eigenvalue weighted by molar-refractivity contribution is 9.10. The lowest BCUT2D eigenvalue weighted by atomic mass is 10.0. The highest BCUT2D eigenvalue weighted by Crippen LogP contribution is 2.26. The van der Waals surface area contributed by atoms with Crippen LogP contribution in [0.2, 0.25) is 0 Å². The zero-order valence-electron chi connectivity index (χ0n) is 11.0. The van der Waals surface area contributed by atoms with E-state index in [9.17, 15) is 4.79 Å². The molecular formula is C14H19BrN2O2. The highest BCUT2D eigenvalue weighted by Gasteiger charge is 2.28. The Balaban J connectivity index is 2.11. The fourth-order valence-electron chi connectivity index (χ4n) is 2.56. The van der Waals surface area contributed by atoms with Crippen LogP contribution in [-0.4, -0.2) is 25.6 Å². The van der Waals surface area contributed by atoms with Gasteiger partial charge in [-0.3, -0.25) is 4.79 Å². The third-order valence-corrected chi connectivity index (χ3v) is 4.39. The minimum Gasteiger partial charge on any atom is -0.497 e. The van der Waals surface area contributed by atoms with Gasteiger partial charge in [0.15, 0.2) is 0 Å². The molecule has 2 rings (SSSR count). The fraction of sp³-hybridized carbons (Fsp3) is 0.500. The van der Waals surface area contributed by atoms with Gasteiger partial charge in [-0.15, -0.1) is 0 Å². The van der Waals surface area contributed by atoms with Gasteiger partial charge in [-0.25, -0.2) is 0 Å². The van der Waals surface area contributed by atoms with E-state index in [4.69, 9.17) is 10.5 Å². The Bertz CT molecular complexity index is 465. The Kier molecular flexibility index (Phi) is 4.82. The van der Waals surface area contributed by atoms with Gasteiger partial charge in [-0.1, -0.05) is 6.42 Å².